The summed E-state index contributed by atoms with van der Waals surface area (Å²) in [5.74, 6) is -3.18. The third-order valence-corrected chi connectivity index (χ3v) is 5.14. The minimum absolute atomic E-state index is 0.0237. The highest BCUT2D eigenvalue weighted by atomic mass is 35.5. The Hall–Kier alpha value is -4.40. The summed E-state index contributed by atoms with van der Waals surface area (Å²) in [6, 6.07) is 4.38. The van der Waals surface area contributed by atoms with E-state index in [1.807, 2.05) is 0 Å². The summed E-state index contributed by atoms with van der Waals surface area (Å²) in [6.07, 6.45) is 0. The SMILES string of the molecule is Cc1nonc1OCCN(CCNc1ccc([N+](=O)[O-])cc1[N+](=O)[O-])C(=O)c1cc(F)c(F)cc1Cl. The summed E-state index contributed by atoms with van der Waals surface area (Å²) in [5.41, 5.74) is -0.973. The quantitative estimate of drug-likeness (QED) is 0.220. The van der Waals surface area contributed by atoms with Crippen molar-refractivity contribution in [3.63, 3.8) is 0 Å². The number of non-ortho nitro benzene ring substituents is 1. The van der Waals surface area contributed by atoms with Gasteiger partial charge < -0.3 is 15.0 Å². The van der Waals surface area contributed by atoms with Gasteiger partial charge in [0.05, 0.1) is 33.0 Å². The number of aromatic nitrogens is 2. The van der Waals surface area contributed by atoms with Crippen LogP contribution >= 0.6 is 11.6 Å². The van der Waals surface area contributed by atoms with Gasteiger partial charge in [0, 0.05) is 19.2 Å². The number of ether oxygens (including phenoxy) is 1. The first-order valence-electron chi connectivity index (χ1n) is 10.1. The molecule has 0 aliphatic carbocycles. The van der Waals surface area contributed by atoms with E-state index in [2.05, 4.69) is 20.3 Å². The lowest BCUT2D eigenvalue weighted by molar-refractivity contribution is -0.393. The van der Waals surface area contributed by atoms with Gasteiger partial charge in [-0.1, -0.05) is 16.8 Å². The number of anilines is 1. The highest BCUT2D eigenvalue weighted by molar-refractivity contribution is 6.33. The normalized spacial score (nSPS) is 10.7. The van der Waals surface area contributed by atoms with E-state index < -0.39 is 38.8 Å². The molecule has 0 fully saturated rings. The Kier molecular flexibility index (Phi) is 8.26. The van der Waals surface area contributed by atoms with Crippen molar-refractivity contribution in [1.82, 2.24) is 15.2 Å². The van der Waals surface area contributed by atoms with Gasteiger partial charge in [-0.3, -0.25) is 25.0 Å². The molecule has 1 heterocycles. The van der Waals surface area contributed by atoms with E-state index in [1.54, 1.807) is 6.92 Å². The topological polar surface area (TPSA) is 167 Å². The second-order valence-corrected chi connectivity index (χ2v) is 7.59. The smallest absolute Gasteiger partial charge is 0.299 e. The molecule has 0 spiro atoms. The van der Waals surface area contributed by atoms with Crippen molar-refractivity contribution in [2.45, 2.75) is 6.92 Å². The monoisotopic (exact) mass is 526 g/mol. The van der Waals surface area contributed by atoms with Gasteiger partial charge in [0.25, 0.3) is 23.2 Å². The van der Waals surface area contributed by atoms with E-state index in [9.17, 15) is 33.8 Å². The number of hydrogen-bond donors (Lipinski definition) is 1. The number of nitrogens with one attached hydrogen (secondary N) is 1. The van der Waals surface area contributed by atoms with Gasteiger partial charge in [0.15, 0.2) is 11.6 Å². The lowest BCUT2D eigenvalue weighted by atomic mass is 10.1. The number of carbonyl (C=O) groups excluding carboxylic acids is 1. The first-order valence-corrected chi connectivity index (χ1v) is 10.5. The molecule has 0 bridgehead atoms. The van der Waals surface area contributed by atoms with Crippen LogP contribution in [0, 0.1) is 38.8 Å². The molecular formula is C20H17ClF2N6O7. The van der Waals surface area contributed by atoms with Gasteiger partial charge in [-0.25, -0.2) is 13.4 Å². The van der Waals surface area contributed by atoms with Gasteiger partial charge in [-0.05, 0) is 30.3 Å². The second-order valence-electron chi connectivity index (χ2n) is 7.18. The molecule has 36 heavy (non-hydrogen) atoms. The van der Waals surface area contributed by atoms with Crippen LogP contribution in [-0.4, -0.2) is 57.2 Å². The highest BCUT2D eigenvalue weighted by Crippen LogP contribution is 2.29. The number of benzene rings is 2. The summed E-state index contributed by atoms with van der Waals surface area (Å²) in [7, 11) is 0. The Morgan fingerprint density at radius 2 is 1.86 bits per heavy atom. The molecule has 1 N–H and O–H groups in total. The third kappa shape index (κ3) is 6.18. The summed E-state index contributed by atoms with van der Waals surface area (Å²) >= 11 is 5.94. The second kappa shape index (κ2) is 11.4. The fraction of sp³-hybridized carbons (Fsp3) is 0.250. The Balaban J connectivity index is 1.76. The molecule has 0 radical (unpaired) electrons. The average Bonchev–Trinajstić information content (AvgIpc) is 3.24. The number of nitro benzene ring substituents is 2. The van der Waals surface area contributed by atoms with E-state index in [0.29, 0.717) is 17.8 Å². The van der Waals surface area contributed by atoms with Crippen LogP contribution < -0.4 is 10.1 Å². The zero-order valence-corrected chi connectivity index (χ0v) is 19.2. The molecular weight excluding hydrogens is 510 g/mol. The molecule has 1 amide bonds. The summed E-state index contributed by atoms with van der Waals surface area (Å²) in [4.78, 5) is 34.9. The maximum Gasteiger partial charge on any atom is 0.299 e. The lowest BCUT2D eigenvalue weighted by Crippen LogP contribution is -2.38. The van der Waals surface area contributed by atoms with Crippen molar-refractivity contribution in [3.8, 4) is 5.88 Å². The molecule has 0 saturated heterocycles. The van der Waals surface area contributed by atoms with E-state index in [-0.39, 0.29) is 48.4 Å². The average molecular weight is 527 g/mol. The first kappa shape index (κ1) is 26.2. The van der Waals surface area contributed by atoms with Crippen molar-refractivity contribution in [2.75, 3.05) is 31.6 Å². The van der Waals surface area contributed by atoms with Gasteiger partial charge in [0.2, 0.25) is 0 Å². The zero-order valence-electron chi connectivity index (χ0n) is 18.4. The number of carbonyl (C=O) groups is 1. The number of nitro groups is 2. The van der Waals surface area contributed by atoms with E-state index in [1.165, 1.54) is 4.90 Å². The molecule has 3 aromatic rings. The molecule has 1 aromatic heterocycles. The Morgan fingerprint density at radius 3 is 2.50 bits per heavy atom. The van der Waals surface area contributed by atoms with Crippen LogP contribution in [0.15, 0.2) is 35.0 Å². The van der Waals surface area contributed by atoms with E-state index in [0.717, 1.165) is 18.2 Å². The predicted octanol–water partition coefficient (Wildman–Crippen LogP) is 3.76. The number of rotatable bonds is 11. The number of aryl methyl sites for hydroxylation is 1. The Labute approximate surface area is 205 Å². The van der Waals surface area contributed by atoms with Crippen LogP contribution in [0.1, 0.15) is 16.1 Å². The van der Waals surface area contributed by atoms with E-state index >= 15 is 0 Å². The minimum atomic E-state index is -1.28. The van der Waals surface area contributed by atoms with Gasteiger partial charge in [-0.2, -0.15) is 0 Å². The lowest BCUT2D eigenvalue weighted by Gasteiger charge is -2.23. The van der Waals surface area contributed by atoms with Gasteiger partial charge in [-0.15, -0.1) is 0 Å². The van der Waals surface area contributed by atoms with Gasteiger partial charge in [0.1, 0.15) is 18.0 Å². The predicted molar refractivity (Wildman–Crippen MR) is 120 cm³/mol. The molecule has 0 atom stereocenters. The molecule has 0 aliphatic rings. The Bertz CT molecular complexity index is 1310. The molecule has 190 valence electrons. The van der Waals surface area contributed by atoms with Crippen molar-refractivity contribution in [1.29, 1.82) is 0 Å². The molecule has 2 aromatic carbocycles. The summed E-state index contributed by atoms with van der Waals surface area (Å²) < 4.78 is 37.2. The van der Waals surface area contributed by atoms with E-state index in [4.69, 9.17) is 16.3 Å². The molecule has 3 rings (SSSR count). The Morgan fingerprint density at radius 1 is 1.14 bits per heavy atom. The van der Waals surface area contributed by atoms with Crippen LogP contribution in [0.5, 0.6) is 5.88 Å². The summed E-state index contributed by atoms with van der Waals surface area (Å²) in [5, 5.41) is 31.8. The number of halogens is 3. The van der Waals surface area contributed by atoms with Crippen LogP contribution in [-0.2, 0) is 0 Å². The molecule has 13 nitrogen and oxygen atoms in total. The first-order chi connectivity index (χ1) is 17.1. The van der Waals surface area contributed by atoms with Crippen molar-refractivity contribution < 1.29 is 32.8 Å². The number of hydrogen-bond acceptors (Lipinski definition) is 10. The molecule has 16 heteroatoms. The van der Waals surface area contributed by atoms with Crippen molar-refractivity contribution in [3.05, 3.63) is 78.5 Å². The van der Waals surface area contributed by atoms with Crippen molar-refractivity contribution >= 4 is 34.6 Å². The van der Waals surface area contributed by atoms with Crippen LogP contribution in [0.3, 0.4) is 0 Å². The largest absolute Gasteiger partial charge is 0.472 e. The van der Waals surface area contributed by atoms with Crippen LogP contribution in [0.25, 0.3) is 0 Å². The molecule has 0 saturated carbocycles. The highest BCUT2D eigenvalue weighted by Gasteiger charge is 2.23. The van der Waals surface area contributed by atoms with Crippen molar-refractivity contribution in [2.24, 2.45) is 0 Å². The van der Waals surface area contributed by atoms with Crippen LogP contribution in [0.2, 0.25) is 5.02 Å². The minimum Gasteiger partial charge on any atom is -0.472 e. The fourth-order valence-corrected chi connectivity index (χ4v) is 3.27. The zero-order chi connectivity index (χ0) is 26.4. The van der Waals surface area contributed by atoms with Gasteiger partial charge >= 0.3 is 0 Å². The standard InChI is InChI=1S/C20H17ClF2N6O7/c1-11-19(26-36-25-11)35-7-6-27(20(30)13-9-15(22)16(23)10-14(13)21)5-4-24-17-3-2-12(28(31)32)8-18(17)29(33)34/h2-3,8-10,24H,4-7H2,1H3. The molecule has 0 unspecified atom stereocenters. The maximum atomic E-state index is 13.8. The number of amides is 1. The number of nitrogens with zero attached hydrogens (tertiary/aromatic N) is 5. The maximum absolute atomic E-state index is 13.8. The fourth-order valence-electron chi connectivity index (χ4n) is 3.04. The third-order valence-electron chi connectivity index (χ3n) is 4.82. The van der Waals surface area contributed by atoms with Crippen LogP contribution in [0.4, 0.5) is 25.8 Å². The summed E-state index contributed by atoms with van der Waals surface area (Å²) in [6.45, 7) is 1.25. The molecule has 0 aliphatic heterocycles.